The maximum absolute atomic E-state index is 11.8. The molecule has 74 valence electrons. The highest BCUT2D eigenvalue weighted by Crippen LogP contribution is 2.09. The van der Waals surface area contributed by atoms with Crippen LogP contribution in [0.25, 0.3) is 0 Å². The van der Waals surface area contributed by atoms with Crippen molar-refractivity contribution in [1.29, 1.82) is 0 Å². The third kappa shape index (κ3) is 2.20. The summed E-state index contributed by atoms with van der Waals surface area (Å²) in [5, 5.41) is 0. The Morgan fingerprint density at radius 1 is 1.14 bits per heavy atom. The summed E-state index contributed by atoms with van der Waals surface area (Å²) in [5.74, 6) is 0.243. The SMILES string of the molecule is O=C(CN1CCCC1)c1ccccc1. The first-order chi connectivity index (χ1) is 6.86. The Morgan fingerprint density at radius 2 is 1.79 bits per heavy atom. The third-order valence-corrected chi connectivity index (χ3v) is 2.66. The first kappa shape index (κ1) is 9.41. The fourth-order valence-electron chi connectivity index (χ4n) is 1.86. The molecule has 2 nitrogen and oxygen atoms in total. The van der Waals surface area contributed by atoms with E-state index < -0.39 is 0 Å². The van der Waals surface area contributed by atoms with Crippen LogP contribution < -0.4 is 0 Å². The van der Waals surface area contributed by atoms with Crippen LogP contribution in [0.15, 0.2) is 30.3 Å². The van der Waals surface area contributed by atoms with E-state index in [-0.39, 0.29) is 5.78 Å². The Hall–Kier alpha value is -1.15. The predicted octanol–water partition coefficient (Wildman–Crippen LogP) is 1.97. The van der Waals surface area contributed by atoms with Gasteiger partial charge >= 0.3 is 0 Å². The molecule has 1 aromatic rings. The number of hydrogen-bond donors (Lipinski definition) is 0. The van der Waals surface area contributed by atoms with Gasteiger partial charge in [-0.25, -0.2) is 0 Å². The molecule has 0 amide bonds. The molecule has 1 fully saturated rings. The smallest absolute Gasteiger partial charge is 0.176 e. The summed E-state index contributed by atoms with van der Waals surface area (Å²) in [6, 6.07) is 9.54. The van der Waals surface area contributed by atoms with E-state index in [2.05, 4.69) is 4.90 Å². The first-order valence-corrected chi connectivity index (χ1v) is 5.17. The molecule has 1 aromatic carbocycles. The van der Waals surface area contributed by atoms with Crippen molar-refractivity contribution in [3.8, 4) is 0 Å². The van der Waals surface area contributed by atoms with Gasteiger partial charge in [0, 0.05) is 5.56 Å². The minimum atomic E-state index is 0.243. The Labute approximate surface area is 84.5 Å². The number of ketones is 1. The Morgan fingerprint density at radius 3 is 2.43 bits per heavy atom. The van der Waals surface area contributed by atoms with Gasteiger partial charge in [-0.2, -0.15) is 0 Å². The highest BCUT2D eigenvalue weighted by molar-refractivity contribution is 5.97. The van der Waals surface area contributed by atoms with Crippen LogP contribution in [0.2, 0.25) is 0 Å². The molecule has 1 heterocycles. The zero-order valence-electron chi connectivity index (χ0n) is 8.28. The van der Waals surface area contributed by atoms with E-state index >= 15 is 0 Å². The molecule has 0 atom stereocenters. The van der Waals surface area contributed by atoms with Gasteiger partial charge in [-0.05, 0) is 25.9 Å². The van der Waals surface area contributed by atoms with Crippen LogP contribution in [0.3, 0.4) is 0 Å². The van der Waals surface area contributed by atoms with Crippen molar-refractivity contribution in [2.24, 2.45) is 0 Å². The maximum atomic E-state index is 11.8. The average molecular weight is 189 g/mol. The minimum Gasteiger partial charge on any atom is -0.296 e. The van der Waals surface area contributed by atoms with E-state index in [1.807, 2.05) is 30.3 Å². The lowest BCUT2D eigenvalue weighted by atomic mass is 10.1. The molecule has 0 bridgehead atoms. The molecule has 1 aliphatic rings. The molecule has 0 N–H and O–H groups in total. The number of nitrogens with zero attached hydrogens (tertiary/aromatic N) is 1. The van der Waals surface area contributed by atoms with Crippen molar-refractivity contribution in [2.45, 2.75) is 12.8 Å². The largest absolute Gasteiger partial charge is 0.296 e. The van der Waals surface area contributed by atoms with E-state index in [9.17, 15) is 4.79 Å². The van der Waals surface area contributed by atoms with Gasteiger partial charge in [-0.15, -0.1) is 0 Å². The van der Waals surface area contributed by atoms with Crippen molar-refractivity contribution in [3.05, 3.63) is 35.9 Å². The van der Waals surface area contributed by atoms with E-state index in [1.54, 1.807) is 0 Å². The van der Waals surface area contributed by atoms with Crippen molar-refractivity contribution in [2.75, 3.05) is 19.6 Å². The predicted molar refractivity (Wildman–Crippen MR) is 56.4 cm³/mol. The minimum absolute atomic E-state index is 0.243. The summed E-state index contributed by atoms with van der Waals surface area (Å²) in [4.78, 5) is 14.0. The zero-order chi connectivity index (χ0) is 9.80. The van der Waals surface area contributed by atoms with E-state index in [1.165, 1.54) is 12.8 Å². The van der Waals surface area contributed by atoms with Crippen molar-refractivity contribution >= 4 is 5.78 Å². The lowest BCUT2D eigenvalue weighted by Gasteiger charge is -2.12. The second-order valence-corrected chi connectivity index (χ2v) is 3.77. The summed E-state index contributed by atoms with van der Waals surface area (Å²) >= 11 is 0. The monoisotopic (exact) mass is 189 g/mol. The molecule has 0 aromatic heterocycles. The standard InChI is InChI=1S/C12H15NO/c14-12(10-13-8-4-5-9-13)11-6-2-1-3-7-11/h1-3,6-7H,4-5,8-10H2. The van der Waals surface area contributed by atoms with Crippen LogP contribution in [0.4, 0.5) is 0 Å². The number of likely N-dealkylation sites (tertiary alicyclic amines) is 1. The summed E-state index contributed by atoms with van der Waals surface area (Å²) in [6.45, 7) is 2.75. The Balaban J connectivity index is 1.95. The van der Waals surface area contributed by atoms with Crippen molar-refractivity contribution < 1.29 is 4.79 Å². The van der Waals surface area contributed by atoms with Crippen LogP contribution in [0.1, 0.15) is 23.2 Å². The number of carbonyl (C=O) groups is 1. The molecule has 0 radical (unpaired) electrons. The van der Waals surface area contributed by atoms with E-state index in [4.69, 9.17) is 0 Å². The number of Topliss-reactive ketones (excluding diaryl/α,β-unsaturated/α-hetero) is 1. The average Bonchev–Trinajstić information content (AvgIpc) is 2.72. The normalized spacial score (nSPS) is 17.1. The molecule has 2 rings (SSSR count). The molecular formula is C12H15NO. The van der Waals surface area contributed by atoms with Gasteiger partial charge in [0.1, 0.15) is 0 Å². The molecule has 2 heteroatoms. The summed E-state index contributed by atoms with van der Waals surface area (Å²) < 4.78 is 0. The van der Waals surface area contributed by atoms with Crippen LogP contribution in [-0.2, 0) is 0 Å². The Bertz CT molecular complexity index is 301. The van der Waals surface area contributed by atoms with Crippen LogP contribution in [0, 0.1) is 0 Å². The summed E-state index contributed by atoms with van der Waals surface area (Å²) in [7, 11) is 0. The molecule has 0 spiro atoms. The van der Waals surface area contributed by atoms with Gasteiger partial charge in [0.15, 0.2) is 5.78 Å². The number of benzene rings is 1. The van der Waals surface area contributed by atoms with Gasteiger partial charge in [-0.3, -0.25) is 9.69 Å². The first-order valence-electron chi connectivity index (χ1n) is 5.17. The second-order valence-electron chi connectivity index (χ2n) is 3.77. The van der Waals surface area contributed by atoms with Gasteiger partial charge in [0.25, 0.3) is 0 Å². The van der Waals surface area contributed by atoms with E-state index in [0.717, 1.165) is 18.7 Å². The molecule has 0 unspecified atom stereocenters. The van der Waals surface area contributed by atoms with Crippen LogP contribution >= 0.6 is 0 Å². The van der Waals surface area contributed by atoms with Crippen LogP contribution in [-0.4, -0.2) is 30.3 Å². The highest BCUT2D eigenvalue weighted by atomic mass is 16.1. The lowest BCUT2D eigenvalue weighted by molar-refractivity contribution is 0.0945. The molecule has 1 saturated heterocycles. The molecule has 14 heavy (non-hydrogen) atoms. The fraction of sp³-hybridized carbons (Fsp3) is 0.417. The topological polar surface area (TPSA) is 20.3 Å². The third-order valence-electron chi connectivity index (χ3n) is 2.66. The van der Waals surface area contributed by atoms with Gasteiger partial charge in [-0.1, -0.05) is 30.3 Å². The van der Waals surface area contributed by atoms with E-state index in [0.29, 0.717) is 6.54 Å². The molecular weight excluding hydrogens is 174 g/mol. The molecule has 0 aliphatic carbocycles. The van der Waals surface area contributed by atoms with Crippen LogP contribution in [0.5, 0.6) is 0 Å². The quantitative estimate of drug-likeness (QED) is 0.677. The Kier molecular flexibility index (Phi) is 2.94. The molecule has 0 saturated carbocycles. The summed E-state index contributed by atoms with van der Waals surface area (Å²) in [6.07, 6.45) is 2.48. The maximum Gasteiger partial charge on any atom is 0.176 e. The van der Waals surface area contributed by atoms with Crippen molar-refractivity contribution in [3.63, 3.8) is 0 Å². The lowest BCUT2D eigenvalue weighted by Crippen LogP contribution is -2.26. The fourth-order valence-corrected chi connectivity index (χ4v) is 1.86. The van der Waals surface area contributed by atoms with Gasteiger partial charge in [0.2, 0.25) is 0 Å². The second kappa shape index (κ2) is 4.38. The number of rotatable bonds is 3. The number of carbonyl (C=O) groups excluding carboxylic acids is 1. The zero-order valence-corrected chi connectivity index (χ0v) is 8.28. The molecule has 1 aliphatic heterocycles. The van der Waals surface area contributed by atoms with Gasteiger partial charge in [0.05, 0.1) is 6.54 Å². The highest BCUT2D eigenvalue weighted by Gasteiger charge is 2.15. The van der Waals surface area contributed by atoms with Crippen molar-refractivity contribution in [1.82, 2.24) is 4.90 Å². The van der Waals surface area contributed by atoms with Gasteiger partial charge < -0.3 is 0 Å². The number of hydrogen-bond acceptors (Lipinski definition) is 2. The summed E-state index contributed by atoms with van der Waals surface area (Å²) in [5.41, 5.74) is 0.833.